The van der Waals surface area contributed by atoms with Crippen molar-refractivity contribution in [3.05, 3.63) is 48.0 Å². The molecular weight excluding hydrogens is 430 g/mol. The second-order valence-corrected chi connectivity index (χ2v) is 10.1. The van der Waals surface area contributed by atoms with Crippen LogP contribution in [0.15, 0.2) is 42.5 Å². The van der Waals surface area contributed by atoms with E-state index < -0.39 is 21.9 Å². The number of fused-ring (bicyclic) bond motifs is 1. The molecule has 2 aromatic rings. The van der Waals surface area contributed by atoms with E-state index in [0.29, 0.717) is 12.8 Å². The van der Waals surface area contributed by atoms with Crippen LogP contribution in [0.25, 0.3) is 10.8 Å². The predicted molar refractivity (Wildman–Crippen MR) is 124 cm³/mol. The molecule has 0 spiro atoms. The van der Waals surface area contributed by atoms with Crippen LogP contribution in [-0.2, 0) is 24.3 Å². The highest BCUT2D eigenvalue weighted by Gasteiger charge is 2.33. The van der Waals surface area contributed by atoms with Gasteiger partial charge in [-0.1, -0.05) is 42.5 Å². The Morgan fingerprint density at radius 1 is 1.16 bits per heavy atom. The lowest BCUT2D eigenvalue weighted by molar-refractivity contribution is -0.141. The number of carbonyl (C=O) groups is 2. The summed E-state index contributed by atoms with van der Waals surface area (Å²) in [5.41, 5.74) is 1.25. The summed E-state index contributed by atoms with van der Waals surface area (Å²) in [5.74, 6) is -1.10. The third-order valence-corrected chi connectivity index (χ3v) is 7.39. The number of esters is 1. The zero-order valence-electron chi connectivity index (χ0n) is 18.8. The number of ether oxygens (including phenoxy) is 1. The molecule has 1 saturated heterocycles. The van der Waals surface area contributed by atoms with Gasteiger partial charge in [0.05, 0.1) is 19.9 Å². The summed E-state index contributed by atoms with van der Waals surface area (Å²) in [6.07, 6.45) is 2.38. The van der Waals surface area contributed by atoms with Crippen LogP contribution in [0.2, 0.25) is 0 Å². The quantitative estimate of drug-likeness (QED) is 0.604. The van der Waals surface area contributed by atoms with Gasteiger partial charge in [0.1, 0.15) is 6.54 Å². The molecule has 0 radical (unpaired) electrons. The number of rotatable bonds is 8. The molecular formula is C23H31N3O5S. The maximum atomic E-state index is 12.4. The molecule has 1 unspecified atom stereocenters. The number of benzene rings is 2. The van der Waals surface area contributed by atoms with Crippen molar-refractivity contribution in [1.82, 2.24) is 14.5 Å². The van der Waals surface area contributed by atoms with E-state index in [1.54, 1.807) is 0 Å². The Kier molecular flexibility index (Phi) is 7.86. The van der Waals surface area contributed by atoms with Crippen molar-refractivity contribution in [3.63, 3.8) is 0 Å². The fourth-order valence-electron chi connectivity index (χ4n) is 4.33. The Balaban J connectivity index is 1.65. The first-order valence-electron chi connectivity index (χ1n) is 10.7. The van der Waals surface area contributed by atoms with Gasteiger partial charge in [-0.2, -0.15) is 4.31 Å². The monoisotopic (exact) mass is 461 g/mol. The highest BCUT2D eigenvalue weighted by atomic mass is 32.2. The van der Waals surface area contributed by atoms with Crippen molar-refractivity contribution in [2.75, 3.05) is 39.5 Å². The average molecular weight is 462 g/mol. The van der Waals surface area contributed by atoms with Crippen LogP contribution in [0.5, 0.6) is 0 Å². The van der Waals surface area contributed by atoms with Crippen LogP contribution in [-0.4, -0.2) is 75.1 Å². The Bertz CT molecular complexity index is 1060. The Hall–Kier alpha value is -2.49. The lowest BCUT2D eigenvalue weighted by Gasteiger charge is -2.39. The molecule has 1 amide bonds. The zero-order chi connectivity index (χ0) is 23.3. The molecule has 174 valence electrons. The molecule has 8 nitrogen and oxygen atoms in total. The first-order chi connectivity index (χ1) is 15.2. The average Bonchev–Trinajstić information content (AvgIpc) is 2.79. The summed E-state index contributed by atoms with van der Waals surface area (Å²) in [7, 11) is -2.36. The minimum absolute atomic E-state index is 0.192. The Labute approximate surface area is 189 Å². The number of piperidine rings is 1. The highest BCUT2D eigenvalue weighted by Crippen LogP contribution is 2.31. The number of nitrogens with one attached hydrogen (secondary N) is 1. The molecule has 1 aliphatic heterocycles. The summed E-state index contributed by atoms with van der Waals surface area (Å²) < 4.78 is 30.5. The molecule has 0 saturated carbocycles. The minimum atomic E-state index is -3.58. The SMILES string of the molecule is COC(=O)CNC(=O)CN(C1CCN(C(C)c2cccc3ccccc23)CC1)S(C)(=O)=O. The molecule has 0 bridgehead atoms. The van der Waals surface area contributed by atoms with E-state index in [1.807, 2.05) is 12.1 Å². The number of hydrogen-bond donors (Lipinski definition) is 1. The number of sulfonamides is 1. The Morgan fingerprint density at radius 2 is 1.81 bits per heavy atom. The molecule has 1 N–H and O–H groups in total. The number of likely N-dealkylation sites (tertiary alicyclic amines) is 1. The van der Waals surface area contributed by atoms with E-state index in [4.69, 9.17) is 0 Å². The van der Waals surface area contributed by atoms with Gasteiger partial charge in [-0.15, -0.1) is 0 Å². The predicted octanol–water partition coefficient (Wildman–Crippen LogP) is 1.92. The Morgan fingerprint density at radius 3 is 2.47 bits per heavy atom. The van der Waals surface area contributed by atoms with Crippen molar-refractivity contribution in [3.8, 4) is 0 Å². The van der Waals surface area contributed by atoms with Crippen LogP contribution in [0, 0.1) is 0 Å². The second kappa shape index (κ2) is 10.4. The van der Waals surface area contributed by atoms with E-state index in [9.17, 15) is 18.0 Å². The van der Waals surface area contributed by atoms with E-state index in [1.165, 1.54) is 27.8 Å². The first-order valence-corrected chi connectivity index (χ1v) is 12.6. The van der Waals surface area contributed by atoms with Crippen LogP contribution >= 0.6 is 0 Å². The topological polar surface area (TPSA) is 96.0 Å². The van der Waals surface area contributed by atoms with Crippen molar-refractivity contribution < 1.29 is 22.7 Å². The largest absolute Gasteiger partial charge is 0.468 e. The van der Waals surface area contributed by atoms with Crippen LogP contribution in [0.3, 0.4) is 0 Å². The van der Waals surface area contributed by atoms with Gasteiger partial charge in [-0.25, -0.2) is 8.42 Å². The van der Waals surface area contributed by atoms with Gasteiger partial charge in [0.2, 0.25) is 15.9 Å². The molecule has 1 heterocycles. The van der Waals surface area contributed by atoms with Gasteiger partial charge in [-0.05, 0) is 36.1 Å². The maximum Gasteiger partial charge on any atom is 0.325 e. The van der Waals surface area contributed by atoms with E-state index in [-0.39, 0.29) is 25.2 Å². The fourth-order valence-corrected chi connectivity index (χ4v) is 5.43. The van der Waals surface area contributed by atoms with Gasteiger partial charge in [0.15, 0.2) is 0 Å². The normalized spacial score (nSPS) is 16.8. The first kappa shape index (κ1) is 24.2. The molecule has 32 heavy (non-hydrogen) atoms. The molecule has 0 aromatic heterocycles. The van der Waals surface area contributed by atoms with Crippen LogP contribution < -0.4 is 5.32 Å². The molecule has 9 heteroatoms. The van der Waals surface area contributed by atoms with Gasteiger partial charge in [-0.3, -0.25) is 14.5 Å². The lowest BCUT2D eigenvalue weighted by atomic mass is 9.96. The molecule has 3 rings (SSSR count). The molecule has 1 aliphatic rings. The van der Waals surface area contributed by atoms with Crippen LogP contribution in [0.1, 0.15) is 31.4 Å². The fraction of sp³-hybridized carbons (Fsp3) is 0.478. The minimum Gasteiger partial charge on any atom is -0.468 e. The zero-order valence-corrected chi connectivity index (χ0v) is 19.6. The van der Waals surface area contributed by atoms with Gasteiger partial charge in [0, 0.05) is 25.2 Å². The summed E-state index contributed by atoms with van der Waals surface area (Å²) in [5, 5.41) is 4.84. The number of hydrogen-bond acceptors (Lipinski definition) is 6. The second-order valence-electron chi connectivity index (χ2n) is 8.17. The van der Waals surface area contributed by atoms with Gasteiger partial charge >= 0.3 is 5.97 Å². The number of nitrogens with zero attached hydrogens (tertiary/aromatic N) is 2. The molecule has 2 aromatic carbocycles. The number of methoxy groups -OCH3 is 1. The van der Waals surface area contributed by atoms with E-state index in [0.717, 1.165) is 19.3 Å². The van der Waals surface area contributed by atoms with Crippen molar-refractivity contribution >= 4 is 32.7 Å². The van der Waals surface area contributed by atoms with Crippen molar-refractivity contribution in [2.24, 2.45) is 0 Å². The molecule has 0 aliphatic carbocycles. The number of carbonyl (C=O) groups excluding carboxylic acids is 2. The van der Waals surface area contributed by atoms with Gasteiger partial charge < -0.3 is 10.1 Å². The summed E-state index contributed by atoms with van der Waals surface area (Å²) in [6.45, 7) is 3.04. The number of amides is 1. The smallest absolute Gasteiger partial charge is 0.325 e. The van der Waals surface area contributed by atoms with Crippen LogP contribution in [0.4, 0.5) is 0 Å². The van der Waals surface area contributed by atoms with Crippen molar-refractivity contribution in [2.45, 2.75) is 31.8 Å². The third-order valence-electron chi connectivity index (χ3n) is 6.11. The third kappa shape index (κ3) is 5.85. The molecule has 1 atom stereocenters. The summed E-state index contributed by atoms with van der Waals surface area (Å²) in [6, 6.07) is 14.6. The van der Waals surface area contributed by atoms with E-state index in [2.05, 4.69) is 52.2 Å². The van der Waals surface area contributed by atoms with Gasteiger partial charge in [0.25, 0.3) is 0 Å². The maximum absolute atomic E-state index is 12.4. The lowest BCUT2D eigenvalue weighted by Crippen LogP contribution is -2.51. The summed E-state index contributed by atoms with van der Waals surface area (Å²) in [4.78, 5) is 25.8. The van der Waals surface area contributed by atoms with Crippen molar-refractivity contribution in [1.29, 1.82) is 0 Å². The molecule has 1 fully saturated rings. The highest BCUT2D eigenvalue weighted by molar-refractivity contribution is 7.88. The standard InChI is InChI=1S/C23H31N3O5S/c1-17(20-10-6-8-18-7-4-5-9-21(18)20)25-13-11-19(12-14-25)26(32(3,29)30)16-22(27)24-15-23(28)31-2/h4-10,17,19H,11-16H2,1-3H3,(H,24,27). The summed E-state index contributed by atoms with van der Waals surface area (Å²) >= 11 is 0. The van der Waals surface area contributed by atoms with E-state index >= 15 is 0 Å².